The molecule has 1 aromatic carbocycles. The molecule has 0 bridgehead atoms. The molecule has 110 valence electrons. The molecule has 2 unspecified atom stereocenters. The van der Waals surface area contributed by atoms with Crippen LogP contribution in [-0.4, -0.2) is 41.2 Å². The molecule has 0 amide bonds. The topological polar surface area (TPSA) is 71.1 Å². The zero-order valence-corrected chi connectivity index (χ0v) is 11.7. The number of oxime groups is 1. The van der Waals surface area contributed by atoms with E-state index in [0.29, 0.717) is 18.7 Å². The second-order valence-electron chi connectivity index (χ2n) is 5.21. The van der Waals surface area contributed by atoms with Crippen LogP contribution in [0.1, 0.15) is 25.0 Å². The highest BCUT2D eigenvalue weighted by atomic mass is 19.1. The fraction of sp³-hybridized carbons (Fsp3) is 0.500. The summed E-state index contributed by atoms with van der Waals surface area (Å²) in [5.41, 5.74) is 6.89. The first-order chi connectivity index (χ1) is 9.51. The van der Waals surface area contributed by atoms with E-state index in [1.807, 2.05) is 6.92 Å². The summed E-state index contributed by atoms with van der Waals surface area (Å²) in [5, 5.41) is 11.8. The van der Waals surface area contributed by atoms with Crippen molar-refractivity contribution in [2.75, 3.05) is 13.2 Å². The van der Waals surface area contributed by atoms with E-state index in [2.05, 4.69) is 17.0 Å². The van der Waals surface area contributed by atoms with E-state index < -0.39 is 5.82 Å². The summed E-state index contributed by atoms with van der Waals surface area (Å²) >= 11 is 0. The minimum Gasteiger partial charge on any atom is -0.409 e. The van der Waals surface area contributed by atoms with Crippen LogP contribution in [0.25, 0.3) is 0 Å². The Bertz CT molecular complexity index is 507. The third-order valence-corrected chi connectivity index (χ3v) is 3.57. The summed E-state index contributed by atoms with van der Waals surface area (Å²) < 4.78 is 18.9. The van der Waals surface area contributed by atoms with Gasteiger partial charge in [0.2, 0.25) is 0 Å². The quantitative estimate of drug-likeness (QED) is 0.381. The normalized spacial score (nSPS) is 24.9. The summed E-state index contributed by atoms with van der Waals surface area (Å²) in [5.74, 6) is -0.479. The molecular formula is C14H20FN3O2. The van der Waals surface area contributed by atoms with Gasteiger partial charge in [-0.1, -0.05) is 11.2 Å². The molecule has 6 heteroatoms. The Hall–Kier alpha value is -1.66. The van der Waals surface area contributed by atoms with Crippen LogP contribution in [0, 0.1) is 5.82 Å². The van der Waals surface area contributed by atoms with Crippen LogP contribution < -0.4 is 5.73 Å². The number of benzene rings is 1. The molecule has 1 aliphatic rings. The highest BCUT2D eigenvalue weighted by Crippen LogP contribution is 2.19. The number of nitrogens with two attached hydrogens (primary N) is 1. The zero-order valence-electron chi connectivity index (χ0n) is 11.7. The number of morpholine rings is 1. The second-order valence-corrected chi connectivity index (χ2v) is 5.21. The predicted octanol–water partition coefficient (Wildman–Crippen LogP) is 1.53. The van der Waals surface area contributed by atoms with E-state index in [1.165, 1.54) is 12.1 Å². The number of nitrogens with zero attached hydrogens (tertiary/aromatic N) is 2. The van der Waals surface area contributed by atoms with Gasteiger partial charge in [-0.25, -0.2) is 4.39 Å². The molecule has 0 radical (unpaired) electrons. The molecule has 0 saturated carbocycles. The number of amidine groups is 1. The van der Waals surface area contributed by atoms with Gasteiger partial charge in [0, 0.05) is 24.7 Å². The van der Waals surface area contributed by atoms with Crippen molar-refractivity contribution in [3.8, 4) is 0 Å². The van der Waals surface area contributed by atoms with Crippen molar-refractivity contribution in [1.82, 2.24) is 4.90 Å². The minimum absolute atomic E-state index is 0.0755. The van der Waals surface area contributed by atoms with Gasteiger partial charge in [0.25, 0.3) is 0 Å². The summed E-state index contributed by atoms with van der Waals surface area (Å²) in [7, 11) is 0. The van der Waals surface area contributed by atoms with Crippen molar-refractivity contribution < 1.29 is 14.3 Å². The lowest BCUT2D eigenvalue weighted by Crippen LogP contribution is -2.46. The molecule has 5 nitrogen and oxygen atoms in total. The minimum atomic E-state index is -0.404. The number of ether oxygens (including phenoxy) is 1. The van der Waals surface area contributed by atoms with Crippen LogP contribution in [0.2, 0.25) is 0 Å². The Morgan fingerprint density at radius 2 is 2.30 bits per heavy atom. The van der Waals surface area contributed by atoms with Gasteiger partial charge in [-0.15, -0.1) is 0 Å². The lowest BCUT2D eigenvalue weighted by molar-refractivity contribution is -0.0526. The Morgan fingerprint density at radius 3 is 3.00 bits per heavy atom. The average Bonchev–Trinajstić information content (AvgIpc) is 2.43. The molecule has 20 heavy (non-hydrogen) atoms. The monoisotopic (exact) mass is 281 g/mol. The molecule has 1 aromatic rings. The van der Waals surface area contributed by atoms with E-state index in [4.69, 9.17) is 15.7 Å². The zero-order chi connectivity index (χ0) is 14.7. The van der Waals surface area contributed by atoms with Crippen LogP contribution in [0.4, 0.5) is 4.39 Å². The SMILES string of the molecule is CC1CN(Cc2ccc(F)cc2C(N)=NO)C(C)CO1. The van der Waals surface area contributed by atoms with Crippen molar-refractivity contribution in [2.24, 2.45) is 10.9 Å². The van der Waals surface area contributed by atoms with Gasteiger partial charge in [-0.2, -0.15) is 0 Å². The van der Waals surface area contributed by atoms with Crippen LogP contribution in [0.15, 0.2) is 23.4 Å². The van der Waals surface area contributed by atoms with E-state index in [-0.39, 0.29) is 18.0 Å². The van der Waals surface area contributed by atoms with E-state index in [0.717, 1.165) is 12.1 Å². The maximum atomic E-state index is 13.3. The van der Waals surface area contributed by atoms with Gasteiger partial charge in [0.1, 0.15) is 5.82 Å². The lowest BCUT2D eigenvalue weighted by Gasteiger charge is -2.37. The predicted molar refractivity (Wildman–Crippen MR) is 74.2 cm³/mol. The molecule has 1 heterocycles. The van der Waals surface area contributed by atoms with Crippen LogP contribution in [0.3, 0.4) is 0 Å². The highest BCUT2D eigenvalue weighted by molar-refractivity contribution is 5.98. The Labute approximate surface area is 117 Å². The fourth-order valence-corrected chi connectivity index (χ4v) is 2.39. The smallest absolute Gasteiger partial charge is 0.170 e. The van der Waals surface area contributed by atoms with Crippen LogP contribution in [-0.2, 0) is 11.3 Å². The fourth-order valence-electron chi connectivity index (χ4n) is 2.39. The summed E-state index contributed by atoms with van der Waals surface area (Å²) in [6.45, 7) is 6.18. The average molecular weight is 281 g/mol. The lowest BCUT2D eigenvalue weighted by atomic mass is 10.0. The van der Waals surface area contributed by atoms with Crippen molar-refractivity contribution in [3.05, 3.63) is 35.1 Å². The third kappa shape index (κ3) is 3.26. The molecule has 2 rings (SSSR count). The van der Waals surface area contributed by atoms with Crippen molar-refractivity contribution in [3.63, 3.8) is 0 Å². The highest BCUT2D eigenvalue weighted by Gasteiger charge is 2.24. The molecule has 0 aliphatic carbocycles. The Kier molecular flexibility index (Phi) is 4.57. The van der Waals surface area contributed by atoms with Gasteiger partial charge in [-0.05, 0) is 31.5 Å². The number of halogens is 1. The van der Waals surface area contributed by atoms with Gasteiger partial charge in [0.05, 0.1) is 12.7 Å². The molecule has 0 aromatic heterocycles. The van der Waals surface area contributed by atoms with Crippen LogP contribution >= 0.6 is 0 Å². The standard InChI is InChI=1S/C14H20FN3O2/c1-9-8-20-10(2)6-18(9)7-11-3-4-12(15)5-13(11)14(16)17-19/h3-5,9-10,19H,6-8H2,1-2H3,(H2,16,17). The Balaban J connectivity index is 2.24. The van der Waals surface area contributed by atoms with Gasteiger partial charge >= 0.3 is 0 Å². The van der Waals surface area contributed by atoms with Crippen molar-refractivity contribution in [1.29, 1.82) is 0 Å². The van der Waals surface area contributed by atoms with E-state index in [1.54, 1.807) is 6.07 Å². The van der Waals surface area contributed by atoms with Crippen LogP contribution in [0.5, 0.6) is 0 Å². The molecular weight excluding hydrogens is 261 g/mol. The van der Waals surface area contributed by atoms with E-state index >= 15 is 0 Å². The third-order valence-electron chi connectivity index (χ3n) is 3.57. The molecule has 1 aliphatic heterocycles. The first kappa shape index (κ1) is 14.7. The maximum absolute atomic E-state index is 13.3. The summed E-state index contributed by atoms with van der Waals surface area (Å²) in [6.07, 6.45) is 0.166. The van der Waals surface area contributed by atoms with Crippen molar-refractivity contribution >= 4 is 5.84 Å². The molecule has 0 spiro atoms. The van der Waals surface area contributed by atoms with E-state index in [9.17, 15) is 4.39 Å². The van der Waals surface area contributed by atoms with Crippen molar-refractivity contribution in [2.45, 2.75) is 32.5 Å². The first-order valence-corrected chi connectivity index (χ1v) is 6.63. The van der Waals surface area contributed by atoms with Gasteiger partial charge in [-0.3, -0.25) is 4.90 Å². The second kappa shape index (κ2) is 6.19. The molecule has 1 saturated heterocycles. The van der Waals surface area contributed by atoms with Gasteiger partial charge < -0.3 is 15.7 Å². The Morgan fingerprint density at radius 1 is 1.55 bits per heavy atom. The number of rotatable bonds is 3. The first-order valence-electron chi connectivity index (χ1n) is 6.63. The number of hydrogen-bond donors (Lipinski definition) is 2. The largest absolute Gasteiger partial charge is 0.409 e. The molecule has 2 atom stereocenters. The summed E-state index contributed by atoms with van der Waals surface area (Å²) in [6, 6.07) is 4.63. The van der Waals surface area contributed by atoms with Gasteiger partial charge in [0.15, 0.2) is 5.84 Å². The summed E-state index contributed by atoms with van der Waals surface area (Å²) in [4.78, 5) is 2.25. The maximum Gasteiger partial charge on any atom is 0.170 e. The number of hydrogen-bond acceptors (Lipinski definition) is 4. The molecule has 3 N–H and O–H groups in total. The molecule has 1 fully saturated rings.